The molecule has 0 heterocycles. The summed E-state index contributed by atoms with van der Waals surface area (Å²) in [6.45, 7) is 0. The molecule has 6 heteroatoms. The zero-order chi connectivity index (χ0) is 6.57. The first-order valence-corrected chi connectivity index (χ1v) is 3.38. The molecule has 0 fully saturated rings. The topological polar surface area (TPSA) is 74.6 Å². The third-order valence-corrected chi connectivity index (χ3v) is 1.12. The van der Waals surface area contributed by atoms with Gasteiger partial charge in [0.05, 0.1) is 6.42 Å². The van der Waals surface area contributed by atoms with Crippen LogP contribution in [0.4, 0.5) is 0 Å². The normalized spacial score (nSPS) is 9.67. The summed E-state index contributed by atoms with van der Waals surface area (Å²) in [4.78, 5) is 17.7. The van der Waals surface area contributed by atoms with E-state index >= 15 is 0 Å². The van der Waals surface area contributed by atoms with Crippen LogP contribution >= 0.6 is 8.03 Å². The Hall–Kier alpha value is 0.0625. The second-order valence-electron chi connectivity index (χ2n) is 1.22. The molecule has 0 rings (SSSR count). The van der Waals surface area contributed by atoms with Crippen molar-refractivity contribution in [2.45, 2.75) is 6.42 Å². The number of hydrogen-bond acceptors (Lipinski definition) is 2. The van der Waals surface area contributed by atoms with Crippen molar-refractivity contribution in [1.29, 1.82) is 0 Å². The zero-order valence-corrected chi connectivity index (χ0v) is 4.97. The lowest BCUT2D eigenvalue weighted by Crippen LogP contribution is -1.95. The number of carboxylic acid groups (broad SMARTS) is 1. The first-order valence-electron chi connectivity index (χ1n) is 1.98. The van der Waals surface area contributed by atoms with E-state index in [2.05, 4.69) is 0 Å². The SMILES string of the molecule is O=C(O)CC[P+](=O)O.[AlH3]. The van der Waals surface area contributed by atoms with Gasteiger partial charge in [0, 0.05) is 0 Å². The molecule has 0 aliphatic heterocycles. The van der Waals surface area contributed by atoms with Crippen LogP contribution in [0, 0.1) is 0 Å². The lowest BCUT2D eigenvalue weighted by molar-refractivity contribution is -0.136. The van der Waals surface area contributed by atoms with E-state index in [0.717, 1.165) is 0 Å². The van der Waals surface area contributed by atoms with Crippen molar-refractivity contribution in [3.63, 3.8) is 0 Å². The second kappa shape index (κ2) is 6.19. The van der Waals surface area contributed by atoms with Crippen LogP contribution in [0.3, 0.4) is 0 Å². The van der Waals surface area contributed by atoms with Gasteiger partial charge in [-0.3, -0.25) is 4.79 Å². The van der Waals surface area contributed by atoms with Crippen LogP contribution in [-0.4, -0.2) is 39.5 Å². The second-order valence-corrected chi connectivity index (χ2v) is 2.37. The Balaban J connectivity index is 0. The number of aliphatic carboxylic acids is 1. The molecular weight excluding hydrogens is 158 g/mol. The van der Waals surface area contributed by atoms with Gasteiger partial charge in [0.2, 0.25) is 0 Å². The fourth-order valence-corrected chi connectivity index (χ4v) is 0.574. The van der Waals surface area contributed by atoms with Crippen molar-refractivity contribution in [2.24, 2.45) is 0 Å². The minimum atomic E-state index is -2.26. The maximum absolute atomic E-state index is 9.79. The Morgan fingerprint density at radius 2 is 2.00 bits per heavy atom. The average molecular weight is 167 g/mol. The Morgan fingerprint density at radius 1 is 1.56 bits per heavy atom. The number of carboxylic acids is 1. The van der Waals surface area contributed by atoms with Crippen LogP contribution in [0.25, 0.3) is 0 Å². The molecule has 0 aliphatic rings. The van der Waals surface area contributed by atoms with E-state index in [0.29, 0.717) is 0 Å². The molecule has 0 aromatic rings. The number of rotatable bonds is 3. The molecule has 0 radical (unpaired) electrons. The predicted octanol–water partition coefficient (Wildman–Crippen LogP) is -0.988. The van der Waals surface area contributed by atoms with Crippen molar-refractivity contribution in [3.05, 3.63) is 0 Å². The maximum Gasteiger partial charge on any atom is 0.506 e. The molecular formula is C3H9AlO4P+. The van der Waals surface area contributed by atoms with Gasteiger partial charge < -0.3 is 5.11 Å². The Bertz CT molecular complexity index is 100. The molecule has 0 aromatic carbocycles. The van der Waals surface area contributed by atoms with E-state index in [1.165, 1.54) is 0 Å². The summed E-state index contributed by atoms with van der Waals surface area (Å²) in [5, 5.41) is 7.92. The molecule has 1 atom stereocenters. The lowest BCUT2D eigenvalue weighted by Gasteiger charge is -1.76. The van der Waals surface area contributed by atoms with E-state index in [4.69, 9.17) is 10.00 Å². The summed E-state index contributed by atoms with van der Waals surface area (Å²) in [5.74, 6) is -1.04. The van der Waals surface area contributed by atoms with Crippen LogP contribution in [0.2, 0.25) is 0 Å². The van der Waals surface area contributed by atoms with E-state index in [1.807, 2.05) is 0 Å². The summed E-state index contributed by atoms with van der Waals surface area (Å²) >= 11 is 0. The van der Waals surface area contributed by atoms with Gasteiger partial charge in [-0.05, 0) is 4.57 Å². The lowest BCUT2D eigenvalue weighted by atomic mass is 10.5. The van der Waals surface area contributed by atoms with E-state index in [-0.39, 0.29) is 29.9 Å². The van der Waals surface area contributed by atoms with Crippen LogP contribution in [0.15, 0.2) is 0 Å². The fourth-order valence-electron chi connectivity index (χ4n) is 0.191. The summed E-state index contributed by atoms with van der Waals surface area (Å²) < 4.78 is 9.79. The molecule has 0 saturated heterocycles. The predicted molar refractivity (Wildman–Crippen MR) is 36.9 cm³/mol. The monoisotopic (exact) mass is 167 g/mol. The van der Waals surface area contributed by atoms with Crippen molar-refractivity contribution < 1.29 is 19.4 Å². The summed E-state index contributed by atoms with van der Waals surface area (Å²) in [7, 11) is -2.26. The minimum absolute atomic E-state index is 0. The molecule has 52 valence electrons. The van der Waals surface area contributed by atoms with Crippen LogP contribution in [0.1, 0.15) is 6.42 Å². The van der Waals surface area contributed by atoms with Gasteiger partial charge in [-0.1, -0.05) is 0 Å². The molecule has 0 aromatic heterocycles. The highest BCUT2D eigenvalue weighted by Crippen LogP contribution is 2.12. The summed E-state index contributed by atoms with van der Waals surface area (Å²) in [6, 6.07) is 0. The van der Waals surface area contributed by atoms with E-state index < -0.39 is 14.0 Å². The first kappa shape index (κ1) is 11.8. The highest BCUT2D eigenvalue weighted by Gasteiger charge is 2.11. The van der Waals surface area contributed by atoms with Crippen molar-refractivity contribution in [2.75, 3.05) is 6.16 Å². The molecule has 0 spiro atoms. The third-order valence-electron chi connectivity index (χ3n) is 0.517. The highest BCUT2D eigenvalue weighted by atomic mass is 31.1. The van der Waals surface area contributed by atoms with Crippen molar-refractivity contribution in [1.82, 2.24) is 0 Å². The molecule has 0 bridgehead atoms. The summed E-state index contributed by atoms with van der Waals surface area (Å²) in [5.41, 5.74) is 0. The largest absolute Gasteiger partial charge is 0.506 e. The first-order chi connectivity index (χ1) is 3.63. The Labute approximate surface area is 63.9 Å². The van der Waals surface area contributed by atoms with Gasteiger partial charge >= 0.3 is 14.0 Å². The maximum atomic E-state index is 9.79. The third kappa shape index (κ3) is 11.6. The Morgan fingerprint density at radius 3 is 2.11 bits per heavy atom. The van der Waals surface area contributed by atoms with Crippen molar-refractivity contribution in [3.8, 4) is 0 Å². The highest BCUT2D eigenvalue weighted by molar-refractivity contribution is 7.38. The smallest absolute Gasteiger partial charge is 0.481 e. The van der Waals surface area contributed by atoms with E-state index in [1.54, 1.807) is 0 Å². The van der Waals surface area contributed by atoms with Crippen LogP contribution in [-0.2, 0) is 9.36 Å². The van der Waals surface area contributed by atoms with Gasteiger partial charge in [0.25, 0.3) is 0 Å². The van der Waals surface area contributed by atoms with E-state index in [9.17, 15) is 9.36 Å². The van der Waals surface area contributed by atoms with Crippen LogP contribution < -0.4 is 0 Å². The standard InChI is InChI=1S/C3H5O4P.Al.3H/c4-3(5)1-2-8(6)7;;;;/h1-2H2,(H-,4,5,6,7);;;;/p+1. The fraction of sp³-hybridized carbons (Fsp3) is 0.667. The molecule has 9 heavy (non-hydrogen) atoms. The molecule has 2 N–H and O–H groups in total. The van der Waals surface area contributed by atoms with Crippen LogP contribution in [0.5, 0.6) is 0 Å². The molecule has 0 aliphatic carbocycles. The van der Waals surface area contributed by atoms with Gasteiger partial charge in [-0.15, -0.1) is 0 Å². The molecule has 4 nitrogen and oxygen atoms in total. The quantitative estimate of drug-likeness (QED) is 0.418. The molecule has 0 saturated carbocycles. The van der Waals surface area contributed by atoms with Crippen molar-refractivity contribution >= 4 is 31.4 Å². The minimum Gasteiger partial charge on any atom is -0.481 e. The zero-order valence-electron chi connectivity index (χ0n) is 4.07. The number of hydrogen-bond donors (Lipinski definition) is 2. The Kier molecular flexibility index (Phi) is 8.12. The van der Waals surface area contributed by atoms with Gasteiger partial charge in [-0.2, -0.15) is 4.89 Å². The van der Waals surface area contributed by atoms with Gasteiger partial charge in [-0.25, -0.2) is 0 Å². The molecule has 1 unspecified atom stereocenters. The average Bonchev–Trinajstić information content (AvgIpc) is 1.61. The summed E-state index contributed by atoms with van der Waals surface area (Å²) in [6.07, 6.45) is -0.379. The van der Waals surface area contributed by atoms with Gasteiger partial charge in [0.15, 0.2) is 23.5 Å². The van der Waals surface area contributed by atoms with Gasteiger partial charge in [0.1, 0.15) is 0 Å². The number of carbonyl (C=O) groups is 1. The molecule has 0 amide bonds.